The fourth-order valence-corrected chi connectivity index (χ4v) is 0.995. The van der Waals surface area contributed by atoms with E-state index >= 15 is 0 Å². The minimum absolute atomic E-state index is 0.225. The molecule has 0 spiro atoms. The Labute approximate surface area is 100 Å². The lowest BCUT2D eigenvalue weighted by Crippen LogP contribution is -2.50. The molecular weight excluding hydrogens is 224 g/mol. The highest BCUT2D eigenvalue weighted by atomic mass is 16.2. The highest BCUT2D eigenvalue weighted by Gasteiger charge is 2.19. The van der Waals surface area contributed by atoms with Gasteiger partial charge in [0.1, 0.15) is 6.04 Å². The number of nitrogens with two attached hydrogens (primary N) is 1. The fourth-order valence-electron chi connectivity index (χ4n) is 0.995. The highest BCUT2D eigenvalue weighted by molar-refractivity contribution is 6.35. The third-order valence-electron chi connectivity index (χ3n) is 1.93. The van der Waals surface area contributed by atoms with Gasteiger partial charge in [0, 0.05) is 19.6 Å². The topological polar surface area (TPSA) is 113 Å². The first-order valence-corrected chi connectivity index (χ1v) is 5.59. The molecule has 0 heterocycles. The quantitative estimate of drug-likeness (QED) is 0.408. The van der Waals surface area contributed by atoms with E-state index in [0.717, 1.165) is 6.42 Å². The summed E-state index contributed by atoms with van der Waals surface area (Å²) in [5, 5.41) is 7.22. The van der Waals surface area contributed by atoms with Gasteiger partial charge in [-0.05, 0) is 13.3 Å². The van der Waals surface area contributed by atoms with Crippen LogP contribution in [-0.2, 0) is 14.4 Å². The maximum absolute atomic E-state index is 11.4. The van der Waals surface area contributed by atoms with Crippen LogP contribution in [0.4, 0.5) is 0 Å². The van der Waals surface area contributed by atoms with E-state index in [1.807, 2.05) is 6.92 Å². The summed E-state index contributed by atoms with van der Waals surface area (Å²) in [5.74, 6) is -1.94. The van der Waals surface area contributed by atoms with Crippen LogP contribution in [0.25, 0.3) is 0 Å². The van der Waals surface area contributed by atoms with Gasteiger partial charge >= 0.3 is 11.8 Å². The molecule has 3 amide bonds. The van der Waals surface area contributed by atoms with Gasteiger partial charge in [-0.2, -0.15) is 0 Å². The summed E-state index contributed by atoms with van der Waals surface area (Å²) in [6, 6.07) is -0.738. The SMILES string of the molecule is CCCNC(=O)C(C)NC(=O)C(=O)NCCN. The van der Waals surface area contributed by atoms with Crippen LogP contribution in [0.15, 0.2) is 0 Å². The zero-order valence-corrected chi connectivity index (χ0v) is 10.2. The van der Waals surface area contributed by atoms with E-state index in [1.165, 1.54) is 6.92 Å². The van der Waals surface area contributed by atoms with E-state index in [1.54, 1.807) is 0 Å². The smallest absolute Gasteiger partial charge is 0.309 e. The molecule has 1 atom stereocenters. The zero-order valence-electron chi connectivity index (χ0n) is 10.2. The predicted molar refractivity (Wildman–Crippen MR) is 63.0 cm³/mol. The first-order chi connectivity index (χ1) is 8.02. The Balaban J connectivity index is 4.01. The van der Waals surface area contributed by atoms with E-state index in [-0.39, 0.29) is 19.0 Å². The van der Waals surface area contributed by atoms with Crippen molar-refractivity contribution in [1.82, 2.24) is 16.0 Å². The summed E-state index contributed by atoms with van der Waals surface area (Å²) >= 11 is 0. The molecule has 7 nitrogen and oxygen atoms in total. The van der Waals surface area contributed by atoms with Crippen LogP contribution in [0, 0.1) is 0 Å². The average molecular weight is 244 g/mol. The number of hydrogen-bond acceptors (Lipinski definition) is 4. The number of carbonyl (C=O) groups excluding carboxylic acids is 3. The number of rotatable bonds is 6. The van der Waals surface area contributed by atoms with Gasteiger partial charge in [0.25, 0.3) is 0 Å². The van der Waals surface area contributed by atoms with Crippen LogP contribution >= 0.6 is 0 Å². The minimum atomic E-state index is -0.836. The zero-order chi connectivity index (χ0) is 13.3. The first-order valence-electron chi connectivity index (χ1n) is 5.59. The summed E-state index contributed by atoms with van der Waals surface area (Å²) in [6.45, 7) is 4.45. The van der Waals surface area contributed by atoms with E-state index in [2.05, 4.69) is 16.0 Å². The molecule has 0 fully saturated rings. The van der Waals surface area contributed by atoms with Crippen LogP contribution in [0.3, 0.4) is 0 Å². The summed E-state index contributed by atoms with van der Waals surface area (Å²) in [7, 11) is 0. The number of hydrogen-bond donors (Lipinski definition) is 4. The summed E-state index contributed by atoms with van der Waals surface area (Å²) < 4.78 is 0. The molecule has 0 aromatic rings. The average Bonchev–Trinajstić information content (AvgIpc) is 2.32. The van der Waals surface area contributed by atoms with Gasteiger partial charge in [0.05, 0.1) is 0 Å². The van der Waals surface area contributed by atoms with Crippen molar-refractivity contribution in [3.05, 3.63) is 0 Å². The molecule has 0 radical (unpaired) electrons. The second kappa shape index (κ2) is 8.51. The second-order valence-corrected chi connectivity index (χ2v) is 3.53. The molecule has 98 valence electrons. The lowest BCUT2D eigenvalue weighted by atomic mass is 10.3. The lowest BCUT2D eigenvalue weighted by Gasteiger charge is -2.13. The fraction of sp³-hybridized carbons (Fsp3) is 0.700. The summed E-state index contributed by atoms with van der Waals surface area (Å²) in [4.78, 5) is 33.9. The molecular formula is C10H20N4O3. The molecule has 0 saturated carbocycles. The van der Waals surface area contributed by atoms with Crippen LogP contribution in [0.1, 0.15) is 20.3 Å². The Morgan fingerprint density at radius 2 is 1.76 bits per heavy atom. The van der Waals surface area contributed by atoms with Gasteiger partial charge in [-0.15, -0.1) is 0 Å². The lowest BCUT2D eigenvalue weighted by molar-refractivity contribution is -0.140. The van der Waals surface area contributed by atoms with Gasteiger partial charge in [0.15, 0.2) is 0 Å². The van der Waals surface area contributed by atoms with E-state index in [0.29, 0.717) is 6.54 Å². The maximum Gasteiger partial charge on any atom is 0.309 e. The van der Waals surface area contributed by atoms with Crippen LogP contribution in [0.2, 0.25) is 0 Å². The normalized spacial score (nSPS) is 11.5. The predicted octanol–water partition coefficient (Wildman–Crippen LogP) is -1.91. The molecule has 1 unspecified atom stereocenters. The van der Waals surface area contributed by atoms with E-state index < -0.39 is 17.9 Å². The van der Waals surface area contributed by atoms with E-state index in [4.69, 9.17) is 5.73 Å². The molecule has 7 heteroatoms. The number of nitrogens with one attached hydrogen (secondary N) is 3. The van der Waals surface area contributed by atoms with Gasteiger partial charge in [-0.3, -0.25) is 14.4 Å². The number of carbonyl (C=O) groups is 3. The second-order valence-electron chi connectivity index (χ2n) is 3.53. The van der Waals surface area contributed by atoms with Crippen molar-refractivity contribution in [1.29, 1.82) is 0 Å². The third kappa shape index (κ3) is 6.52. The van der Waals surface area contributed by atoms with Crippen molar-refractivity contribution >= 4 is 17.7 Å². The molecule has 0 bridgehead atoms. The Bertz CT molecular complexity index is 281. The summed E-state index contributed by atoms with van der Waals surface area (Å²) in [5.41, 5.74) is 5.17. The molecule has 17 heavy (non-hydrogen) atoms. The van der Waals surface area contributed by atoms with Crippen molar-refractivity contribution in [2.75, 3.05) is 19.6 Å². The first kappa shape index (κ1) is 15.4. The van der Waals surface area contributed by atoms with Crippen LogP contribution in [-0.4, -0.2) is 43.4 Å². The van der Waals surface area contributed by atoms with Crippen molar-refractivity contribution < 1.29 is 14.4 Å². The van der Waals surface area contributed by atoms with Gasteiger partial charge < -0.3 is 21.7 Å². The van der Waals surface area contributed by atoms with Crippen molar-refractivity contribution in [2.24, 2.45) is 5.73 Å². The molecule has 0 aliphatic carbocycles. The number of amides is 3. The van der Waals surface area contributed by atoms with Crippen molar-refractivity contribution in [3.63, 3.8) is 0 Å². The van der Waals surface area contributed by atoms with Crippen LogP contribution in [0.5, 0.6) is 0 Å². The minimum Gasteiger partial charge on any atom is -0.354 e. The molecule has 0 aromatic heterocycles. The monoisotopic (exact) mass is 244 g/mol. The molecule has 0 aromatic carbocycles. The molecule has 5 N–H and O–H groups in total. The molecule has 0 aliphatic rings. The Morgan fingerprint density at radius 1 is 1.12 bits per heavy atom. The van der Waals surface area contributed by atoms with Gasteiger partial charge in [-0.25, -0.2) is 0 Å². The Kier molecular flexibility index (Phi) is 7.70. The van der Waals surface area contributed by atoms with Crippen molar-refractivity contribution in [3.8, 4) is 0 Å². The van der Waals surface area contributed by atoms with Crippen LogP contribution < -0.4 is 21.7 Å². The Hall–Kier alpha value is -1.63. The van der Waals surface area contributed by atoms with Gasteiger partial charge in [0.2, 0.25) is 5.91 Å². The van der Waals surface area contributed by atoms with Gasteiger partial charge in [-0.1, -0.05) is 6.92 Å². The largest absolute Gasteiger partial charge is 0.354 e. The third-order valence-corrected chi connectivity index (χ3v) is 1.93. The standard InChI is InChI=1S/C10H20N4O3/c1-3-5-12-8(15)7(2)14-10(17)9(16)13-6-4-11/h7H,3-6,11H2,1-2H3,(H,12,15)(H,13,16)(H,14,17). The maximum atomic E-state index is 11.4. The van der Waals surface area contributed by atoms with E-state index in [9.17, 15) is 14.4 Å². The summed E-state index contributed by atoms with van der Waals surface area (Å²) in [6.07, 6.45) is 0.809. The van der Waals surface area contributed by atoms with Crippen molar-refractivity contribution in [2.45, 2.75) is 26.3 Å². The highest BCUT2D eigenvalue weighted by Crippen LogP contribution is 1.83. The molecule has 0 aliphatic heterocycles. The molecule has 0 rings (SSSR count). The Morgan fingerprint density at radius 3 is 2.29 bits per heavy atom. The molecule has 0 saturated heterocycles.